The topological polar surface area (TPSA) is 99.5 Å². The van der Waals surface area contributed by atoms with Gasteiger partial charge in [0.25, 0.3) is 0 Å². The maximum Gasteiger partial charge on any atom is 0.202 e. The van der Waals surface area contributed by atoms with Gasteiger partial charge in [0.2, 0.25) is 5.78 Å². The Morgan fingerprint density at radius 1 is 0.552 bits per heavy atom. The molecule has 9 rings (SSSR count). The van der Waals surface area contributed by atoms with Gasteiger partial charge >= 0.3 is 0 Å². The molecule has 0 bridgehead atoms. The van der Waals surface area contributed by atoms with Gasteiger partial charge < -0.3 is 29.5 Å². The van der Waals surface area contributed by atoms with Crippen LogP contribution in [0.2, 0.25) is 0 Å². The first-order chi connectivity index (χ1) is 28.0. The van der Waals surface area contributed by atoms with E-state index in [1.165, 1.54) is 0 Å². The maximum atomic E-state index is 14.6. The van der Waals surface area contributed by atoms with E-state index in [2.05, 4.69) is 73.9 Å². The van der Waals surface area contributed by atoms with Crippen LogP contribution in [-0.2, 0) is 29.9 Å². The smallest absolute Gasteiger partial charge is 0.202 e. The highest BCUT2D eigenvalue weighted by atomic mass is 16.5. The van der Waals surface area contributed by atoms with Gasteiger partial charge in [0.05, 0.1) is 37.6 Å². The van der Waals surface area contributed by atoms with E-state index in [1.54, 1.807) is 12.1 Å². The molecule has 2 aliphatic heterocycles. The van der Waals surface area contributed by atoms with Gasteiger partial charge in [-0.2, -0.15) is 0 Å². The van der Waals surface area contributed by atoms with E-state index in [0.29, 0.717) is 63.6 Å². The Morgan fingerprint density at radius 3 is 1.69 bits per heavy atom. The summed E-state index contributed by atoms with van der Waals surface area (Å²) in [5.41, 5.74) is 7.19. The predicted molar refractivity (Wildman–Crippen MR) is 229 cm³/mol. The molecule has 0 saturated carbocycles. The third kappa shape index (κ3) is 6.14. The molecule has 2 fully saturated rings. The van der Waals surface area contributed by atoms with Crippen LogP contribution in [-0.4, -0.2) is 79.3 Å². The molecule has 2 saturated heterocycles. The molecule has 294 valence electrons. The zero-order valence-electron chi connectivity index (χ0n) is 33.5. The van der Waals surface area contributed by atoms with Crippen LogP contribution in [0, 0.1) is 0 Å². The van der Waals surface area contributed by atoms with Crippen LogP contribution < -0.4 is 4.90 Å². The van der Waals surface area contributed by atoms with Gasteiger partial charge in [-0.15, -0.1) is 0 Å². The number of ketones is 2. The minimum atomic E-state index is -0.479. The van der Waals surface area contributed by atoms with E-state index < -0.39 is 5.78 Å². The number of aliphatic hydroxyl groups is 1. The fourth-order valence-corrected chi connectivity index (χ4v) is 9.11. The molecule has 2 heterocycles. The summed E-state index contributed by atoms with van der Waals surface area (Å²) in [6, 6.07) is 34.5. The number of fused-ring (bicyclic) bond motifs is 2. The van der Waals surface area contributed by atoms with Crippen LogP contribution in [0.4, 0.5) is 5.69 Å². The molecule has 0 unspecified atom stereocenters. The minimum absolute atomic E-state index is 0.00716. The second-order valence-corrected chi connectivity index (χ2v) is 16.7. The van der Waals surface area contributed by atoms with Crippen LogP contribution >= 0.6 is 0 Å². The fourth-order valence-electron chi connectivity index (χ4n) is 9.11. The van der Waals surface area contributed by atoms with E-state index in [4.69, 9.17) is 9.47 Å². The molecule has 0 spiro atoms. The van der Waals surface area contributed by atoms with Crippen molar-refractivity contribution in [2.24, 2.45) is 0 Å². The number of hydrogen-bond acceptors (Lipinski definition) is 8. The number of carbonyl (C=O) groups is 2. The minimum Gasteiger partial charge on any atom is -0.507 e. The lowest BCUT2D eigenvalue weighted by atomic mass is 9.72. The van der Waals surface area contributed by atoms with E-state index in [0.717, 1.165) is 44.6 Å². The molecule has 8 nitrogen and oxygen atoms in total. The number of rotatable bonds is 7. The summed E-state index contributed by atoms with van der Waals surface area (Å²) in [6.45, 7) is 13.5. The van der Waals surface area contributed by atoms with Crippen LogP contribution in [0.5, 0.6) is 5.75 Å². The molecule has 0 atom stereocenters. The number of allylic oxidation sites excluding steroid dienone is 4. The van der Waals surface area contributed by atoms with Crippen molar-refractivity contribution in [3.63, 3.8) is 0 Å². The standard InChI is InChI=1S/C50H48N2O6/c1-49(2,31-11-7-5-8-12-31)33-15-17-35-37(27-33)39(51-19-23-57-24-20-51)29-41(53)43(35)45-47(55)46(48(45)56)44-36-18-16-34(50(3,4)32-13-9-6-10-14-32)28-38(36)40(30-42(44)54)52-21-25-58-26-22-52/h5-18,27-30,53,55H,19-26H2,1-4H3. The zero-order chi connectivity index (χ0) is 40.3. The number of carbonyl (C=O) groups excluding carboxylic acids is 2. The highest BCUT2D eigenvalue weighted by molar-refractivity contribution is 6.48. The molecule has 0 amide bonds. The van der Waals surface area contributed by atoms with E-state index in [1.807, 2.05) is 60.7 Å². The number of phenols is 1. The Balaban J connectivity index is 1.20. The third-order valence-corrected chi connectivity index (χ3v) is 12.7. The van der Waals surface area contributed by atoms with Gasteiger partial charge in [-0.25, -0.2) is 0 Å². The number of phenolic OH excluding ortho intramolecular Hbond substituents is 1. The molecule has 8 heteroatoms. The van der Waals surface area contributed by atoms with Crippen molar-refractivity contribution in [1.82, 2.24) is 4.90 Å². The number of nitrogens with zero attached hydrogens (tertiary/aromatic N) is 2. The SMILES string of the molecule is CC(C)(c1ccccc1)c1ccc2c(c1)C(N1CCOCC1)=CC(=O)C2=C1C(=O)C(c2c(O)cc(N3CCOCC3)c3cc(C(C)(C)c4ccccc4)ccc23)=C1O. The molecule has 4 aliphatic rings. The molecule has 0 aromatic heterocycles. The second-order valence-electron chi connectivity index (χ2n) is 16.7. The van der Waals surface area contributed by atoms with Crippen molar-refractivity contribution < 1.29 is 29.3 Å². The lowest BCUT2D eigenvalue weighted by Gasteiger charge is -2.36. The number of aliphatic hydroxyl groups excluding tert-OH is 1. The highest BCUT2D eigenvalue weighted by Crippen LogP contribution is 2.50. The fraction of sp³-hybridized carbons (Fsp3) is 0.280. The van der Waals surface area contributed by atoms with Gasteiger partial charge in [-0.1, -0.05) is 113 Å². The third-order valence-electron chi connectivity index (χ3n) is 12.7. The second kappa shape index (κ2) is 14.5. The quantitative estimate of drug-likeness (QED) is 0.159. The molecule has 5 aromatic rings. The van der Waals surface area contributed by atoms with E-state index >= 15 is 0 Å². The summed E-state index contributed by atoms with van der Waals surface area (Å²) >= 11 is 0. The zero-order valence-corrected chi connectivity index (χ0v) is 33.5. The summed E-state index contributed by atoms with van der Waals surface area (Å²) < 4.78 is 11.3. The maximum absolute atomic E-state index is 14.6. The van der Waals surface area contributed by atoms with Crippen LogP contribution in [0.3, 0.4) is 0 Å². The van der Waals surface area contributed by atoms with Crippen LogP contribution in [0.15, 0.2) is 121 Å². The number of ether oxygens (including phenoxy) is 2. The van der Waals surface area contributed by atoms with Crippen LogP contribution in [0.1, 0.15) is 66.6 Å². The Labute approximate surface area is 339 Å². The lowest BCUT2D eigenvalue weighted by molar-refractivity contribution is -0.113. The number of hydrogen-bond donors (Lipinski definition) is 2. The number of aromatic hydroxyl groups is 1. The van der Waals surface area contributed by atoms with Crippen molar-refractivity contribution in [1.29, 1.82) is 0 Å². The van der Waals surface area contributed by atoms with Crippen molar-refractivity contribution in [3.05, 3.63) is 159 Å². The summed E-state index contributed by atoms with van der Waals surface area (Å²) in [7, 11) is 0. The Hall–Kier alpha value is -5.96. The first-order valence-electron chi connectivity index (χ1n) is 20.2. The first kappa shape index (κ1) is 37.6. The first-order valence-corrected chi connectivity index (χ1v) is 20.2. The van der Waals surface area contributed by atoms with Gasteiger partial charge in [-0.05, 0) is 45.3 Å². The predicted octanol–water partition coefficient (Wildman–Crippen LogP) is 8.60. The molecule has 2 aliphatic carbocycles. The van der Waals surface area contributed by atoms with Gasteiger partial charge in [0.1, 0.15) is 11.5 Å². The normalized spacial score (nSPS) is 19.0. The number of anilines is 1. The summed E-state index contributed by atoms with van der Waals surface area (Å²) in [6.07, 6.45) is 1.61. The Bertz CT molecular complexity index is 2570. The van der Waals surface area contributed by atoms with Gasteiger partial charge in [-0.3, -0.25) is 9.59 Å². The molecule has 2 N–H and O–H groups in total. The highest BCUT2D eigenvalue weighted by Gasteiger charge is 2.43. The largest absolute Gasteiger partial charge is 0.507 e. The number of Topliss-reactive ketones (excluding diaryl/α,β-unsaturated/α-hetero) is 1. The van der Waals surface area contributed by atoms with Crippen molar-refractivity contribution in [3.8, 4) is 5.75 Å². The van der Waals surface area contributed by atoms with E-state index in [-0.39, 0.29) is 50.4 Å². The van der Waals surface area contributed by atoms with Gasteiger partial charge in [0.15, 0.2) is 5.78 Å². The summed E-state index contributed by atoms with van der Waals surface area (Å²) in [4.78, 5) is 33.2. The molecule has 0 radical (unpaired) electrons. The summed E-state index contributed by atoms with van der Waals surface area (Å²) in [5, 5.41) is 25.4. The number of morpholine rings is 2. The van der Waals surface area contributed by atoms with Gasteiger partial charge in [0, 0.05) is 82.6 Å². The van der Waals surface area contributed by atoms with Crippen LogP contribution in [0.25, 0.3) is 27.6 Å². The van der Waals surface area contributed by atoms with E-state index in [9.17, 15) is 19.8 Å². The number of benzene rings is 5. The Morgan fingerprint density at radius 2 is 1.10 bits per heavy atom. The average molecular weight is 773 g/mol. The summed E-state index contributed by atoms with van der Waals surface area (Å²) in [5.74, 6) is -1.23. The molecular weight excluding hydrogens is 725 g/mol. The monoisotopic (exact) mass is 772 g/mol. The Kier molecular flexibility index (Phi) is 9.37. The lowest BCUT2D eigenvalue weighted by Crippen LogP contribution is -2.37. The van der Waals surface area contributed by atoms with Crippen molar-refractivity contribution >= 4 is 44.9 Å². The molecular formula is C50H48N2O6. The van der Waals surface area contributed by atoms with Crippen molar-refractivity contribution in [2.75, 3.05) is 57.5 Å². The molecule has 58 heavy (non-hydrogen) atoms. The average Bonchev–Trinajstić information content (AvgIpc) is 3.26. The molecule has 5 aromatic carbocycles. The van der Waals surface area contributed by atoms with Crippen molar-refractivity contribution in [2.45, 2.75) is 38.5 Å².